The SMILES string of the molecule is CO[C@H]1/C=C/O[C@@]2(C)Oc3c(C)c(=O)c4c(O)c(c5oc6cc(OCCNCCNI)ccc6nc5c4c3C2=O)NC(=O)/C(C)=C\C=C\[C@H](C)[C@H](O)[C@@H](C)[C@@H](O)[C@@H](C)[C@H](OC(C)=O)[C@@H]1C. The van der Waals surface area contributed by atoms with Gasteiger partial charge in [-0.1, -0.05) is 45.9 Å². The fourth-order valence-corrected chi connectivity index (χ4v) is 8.65. The number of nitrogens with zero attached hydrogens (tertiary/aromatic N) is 1. The van der Waals surface area contributed by atoms with Gasteiger partial charge in [-0.05, 0) is 32.1 Å². The number of aliphatic hydroxyl groups is 2. The monoisotopic (exact) mass is 1010 g/mol. The fraction of sp³-hybridized carbons (Fsp3) is 0.468. The van der Waals surface area contributed by atoms with Crippen LogP contribution in [0.25, 0.3) is 33.0 Å². The molecule has 2 aliphatic rings. The summed E-state index contributed by atoms with van der Waals surface area (Å²) in [6, 6.07) is 4.96. The van der Waals surface area contributed by atoms with Crippen LogP contribution in [0.2, 0.25) is 0 Å². The van der Waals surface area contributed by atoms with E-state index in [1.807, 2.05) is 0 Å². The number of carbonyl (C=O) groups excluding carboxylic acids is 3. The predicted molar refractivity (Wildman–Crippen MR) is 252 cm³/mol. The van der Waals surface area contributed by atoms with E-state index in [9.17, 15) is 34.5 Å². The highest BCUT2D eigenvalue weighted by molar-refractivity contribution is 14.1. The number of allylic oxidation sites excluding steroid dienone is 2. The second kappa shape index (κ2) is 20.6. The van der Waals surface area contributed by atoms with Crippen molar-refractivity contribution in [2.45, 2.75) is 85.6 Å². The quantitative estimate of drug-likeness (QED) is 0.0218. The van der Waals surface area contributed by atoms with E-state index in [2.05, 4.69) is 37.0 Å². The van der Waals surface area contributed by atoms with Crippen molar-refractivity contribution in [3.63, 3.8) is 0 Å². The van der Waals surface area contributed by atoms with Crippen LogP contribution in [0.15, 0.2) is 63.6 Å². The lowest BCUT2D eigenvalue weighted by Crippen LogP contribution is -2.46. The van der Waals surface area contributed by atoms with Crippen LogP contribution in [0.1, 0.15) is 64.4 Å². The number of ketones is 1. The number of aromatic hydroxyl groups is 1. The highest BCUT2D eigenvalue weighted by atomic mass is 127. The molecule has 0 spiro atoms. The van der Waals surface area contributed by atoms with Crippen LogP contribution < -0.4 is 29.1 Å². The average molecular weight is 1010 g/mol. The number of esters is 1. The number of nitrogens with one attached hydrogen (secondary N) is 3. The standard InChI is InChI=1S/C47H57IN4O13/c1-22-11-10-12-23(2)46(59)52-37-41(57)34-33(36-44(37)64-32-21-29(13-14-30(32)51-36)61-20-18-49-16-17-50-48)35-43(27(6)40(34)56)65-47(8,45(35)58)62-19-15-31(60-9)24(3)42(63-28(7)53)26(5)39(55)25(4)38(22)54/h10-15,19,21-22,24-26,31,38-39,42,49-50,54-55,57H,16-18,20H2,1-9H3,(H,52,59)/b11-10+,19-15+,23-12-/t22-,24+,25+,26+,31-,38-,39+,42+,47-/m0/s1. The van der Waals surface area contributed by atoms with Gasteiger partial charge in [0.2, 0.25) is 0 Å². The summed E-state index contributed by atoms with van der Waals surface area (Å²) in [5.74, 6) is -6.84. The summed E-state index contributed by atoms with van der Waals surface area (Å²) in [5, 5.41) is 40.7. The second-order valence-corrected chi connectivity index (χ2v) is 17.6. The van der Waals surface area contributed by atoms with Crippen molar-refractivity contribution >= 4 is 79.2 Å². The Labute approximate surface area is 390 Å². The summed E-state index contributed by atoms with van der Waals surface area (Å²) >= 11 is 2.07. The molecule has 0 fully saturated rings. The number of aliphatic hydroxyl groups excluding tert-OH is 2. The van der Waals surface area contributed by atoms with E-state index in [0.717, 1.165) is 13.1 Å². The number of halogens is 1. The van der Waals surface area contributed by atoms with E-state index in [0.29, 0.717) is 24.4 Å². The molecule has 0 aliphatic carbocycles. The number of benzene rings is 3. The number of phenols is 1. The van der Waals surface area contributed by atoms with E-state index >= 15 is 0 Å². The van der Waals surface area contributed by atoms with Gasteiger partial charge in [-0.15, -0.1) is 0 Å². The molecule has 6 rings (SSSR count). The molecule has 4 aromatic rings. The zero-order valence-corrected chi connectivity index (χ0v) is 40.0. The number of fused-ring (bicyclic) bond motifs is 2. The molecule has 3 heterocycles. The van der Waals surface area contributed by atoms with E-state index < -0.39 is 82.7 Å². The molecule has 65 heavy (non-hydrogen) atoms. The van der Waals surface area contributed by atoms with Crippen LogP contribution in [-0.4, -0.2) is 102 Å². The van der Waals surface area contributed by atoms with Crippen LogP contribution in [0.4, 0.5) is 5.69 Å². The molecule has 9 atom stereocenters. The minimum absolute atomic E-state index is 0.0129. The summed E-state index contributed by atoms with van der Waals surface area (Å²) < 4.78 is 39.3. The van der Waals surface area contributed by atoms with Crippen LogP contribution in [0.5, 0.6) is 17.2 Å². The van der Waals surface area contributed by atoms with E-state index in [1.165, 1.54) is 53.2 Å². The normalized spacial score (nSPS) is 28.4. The number of carbonyl (C=O) groups is 3. The first-order valence-electron chi connectivity index (χ1n) is 21.4. The Kier molecular flexibility index (Phi) is 15.6. The van der Waals surface area contributed by atoms with Crippen molar-refractivity contribution in [2.75, 3.05) is 38.7 Å². The van der Waals surface area contributed by atoms with Gasteiger partial charge in [-0.25, -0.2) is 4.98 Å². The first-order chi connectivity index (χ1) is 30.8. The smallest absolute Gasteiger partial charge is 0.312 e. The van der Waals surface area contributed by atoms with Gasteiger partial charge in [0.05, 0.1) is 35.5 Å². The lowest BCUT2D eigenvalue weighted by Gasteiger charge is -2.38. The van der Waals surface area contributed by atoms with Gasteiger partial charge < -0.3 is 54.1 Å². The minimum atomic E-state index is -2.05. The average Bonchev–Trinajstić information content (AvgIpc) is 3.54. The molecule has 1 amide bonds. The van der Waals surface area contributed by atoms with E-state index in [-0.39, 0.29) is 55.6 Å². The van der Waals surface area contributed by atoms with Crippen molar-refractivity contribution in [3.05, 3.63) is 75.7 Å². The van der Waals surface area contributed by atoms with Crippen LogP contribution >= 0.6 is 22.9 Å². The topological polar surface area (TPSA) is 237 Å². The first-order valence-corrected chi connectivity index (χ1v) is 22.5. The number of methoxy groups -OCH3 is 1. The summed E-state index contributed by atoms with van der Waals surface area (Å²) in [7, 11) is 1.44. The molecule has 0 radical (unpaired) electrons. The molecule has 4 bridgehead atoms. The van der Waals surface area contributed by atoms with Crippen LogP contribution in [-0.2, 0) is 23.8 Å². The number of amides is 1. The maximum absolute atomic E-state index is 14.7. The van der Waals surface area contributed by atoms with Gasteiger partial charge in [-0.2, -0.15) is 0 Å². The Balaban J connectivity index is 1.54. The Morgan fingerprint density at radius 2 is 1.74 bits per heavy atom. The zero-order chi connectivity index (χ0) is 47.5. The van der Waals surface area contributed by atoms with Gasteiger partial charge >= 0.3 is 11.8 Å². The molecule has 350 valence electrons. The number of hydrogen-bond acceptors (Lipinski definition) is 16. The molecular formula is C47H57IN4O13. The van der Waals surface area contributed by atoms with Crippen molar-refractivity contribution in [3.8, 4) is 17.2 Å². The predicted octanol–water partition coefficient (Wildman–Crippen LogP) is 5.91. The van der Waals surface area contributed by atoms with Gasteiger partial charge in [0, 0.05) is 110 Å². The molecule has 17 nitrogen and oxygen atoms in total. The van der Waals surface area contributed by atoms with Gasteiger partial charge in [0.25, 0.3) is 11.7 Å². The second-order valence-electron chi connectivity index (χ2n) is 16.8. The van der Waals surface area contributed by atoms with Crippen molar-refractivity contribution < 1.29 is 57.8 Å². The summed E-state index contributed by atoms with van der Waals surface area (Å²) in [6.07, 6.45) is 3.58. The third-order valence-corrected chi connectivity index (χ3v) is 12.8. The van der Waals surface area contributed by atoms with Gasteiger partial charge in [0.15, 0.2) is 22.3 Å². The number of hydrogen-bond donors (Lipinski definition) is 6. The first kappa shape index (κ1) is 49.3. The van der Waals surface area contributed by atoms with Crippen LogP contribution in [0.3, 0.4) is 0 Å². The molecule has 18 heteroatoms. The maximum atomic E-state index is 14.7. The Bertz CT molecular complexity index is 2630. The molecule has 0 saturated heterocycles. The number of phenolic OH excluding ortho intramolecular Hbond substituents is 1. The summed E-state index contributed by atoms with van der Waals surface area (Å²) in [4.78, 5) is 60.3. The third-order valence-electron chi connectivity index (χ3n) is 12.2. The molecule has 0 saturated carbocycles. The molecule has 1 aromatic heterocycles. The van der Waals surface area contributed by atoms with E-state index in [4.69, 9.17) is 33.1 Å². The number of ether oxygens (including phenoxy) is 5. The number of anilines is 1. The zero-order valence-electron chi connectivity index (χ0n) is 37.8. The van der Waals surface area contributed by atoms with Crippen molar-refractivity contribution in [2.24, 2.45) is 23.7 Å². The highest BCUT2D eigenvalue weighted by Gasteiger charge is 2.49. The fourth-order valence-electron chi connectivity index (χ4n) is 8.38. The minimum Gasteiger partial charge on any atom is -0.505 e. The molecule has 0 unspecified atom stereocenters. The lowest BCUT2D eigenvalue weighted by atomic mass is 9.78. The van der Waals surface area contributed by atoms with Crippen molar-refractivity contribution in [1.82, 2.24) is 13.8 Å². The molecular weight excluding hydrogens is 955 g/mol. The number of rotatable bonds is 9. The molecule has 3 aromatic carbocycles. The Hall–Kier alpha value is -5.12. The maximum Gasteiger partial charge on any atom is 0.312 e. The summed E-state index contributed by atoms with van der Waals surface area (Å²) in [5.41, 5.74) is -0.569. The Morgan fingerprint density at radius 3 is 2.43 bits per heavy atom. The number of Topliss-reactive ketones (excluding diaryl/α,β-unsaturated/α-hetero) is 1. The van der Waals surface area contributed by atoms with Crippen LogP contribution in [0, 0.1) is 30.6 Å². The number of aromatic nitrogens is 1. The summed E-state index contributed by atoms with van der Waals surface area (Å²) in [6.45, 7) is 15.0. The lowest BCUT2D eigenvalue weighted by molar-refractivity contribution is -0.160. The van der Waals surface area contributed by atoms with E-state index in [1.54, 1.807) is 58.0 Å². The highest BCUT2D eigenvalue weighted by Crippen LogP contribution is 2.48. The van der Waals surface area contributed by atoms with Gasteiger partial charge in [-0.3, -0.25) is 22.7 Å². The molecule has 6 N–H and O–H groups in total. The van der Waals surface area contributed by atoms with Crippen molar-refractivity contribution in [1.29, 1.82) is 0 Å². The Morgan fingerprint density at radius 1 is 1.00 bits per heavy atom. The third kappa shape index (κ3) is 10.0. The largest absolute Gasteiger partial charge is 0.505 e. The molecule has 2 aliphatic heterocycles. The van der Waals surface area contributed by atoms with Gasteiger partial charge in [0.1, 0.15) is 40.9 Å².